The topological polar surface area (TPSA) is 29.9 Å². The van der Waals surface area contributed by atoms with Crippen molar-refractivity contribution in [1.29, 1.82) is 0 Å². The molecule has 16 heavy (non-hydrogen) atoms. The Morgan fingerprint density at radius 1 is 1.44 bits per heavy atom. The number of aryl methyl sites for hydroxylation is 1. The Kier molecular flexibility index (Phi) is 3.99. The summed E-state index contributed by atoms with van der Waals surface area (Å²) in [5.74, 6) is 0.660. The van der Waals surface area contributed by atoms with Crippen LogP contribution in [0.25, 0.3) is 0 Å². The second-order valence-electron chi connectivity index (χ2n) is 4.83. The molecule has 1 N–H and O–H groups in total. The van der Waals surface area contributed by atoms with Gasteiger partial charge in [-0.15, -0.1) is 0 Å². The van der Waals surface area contributed by atoms with Crippen molar-refractivity contribution in [3.05, 3.63) is 18.0 Å². The van der Waals surface area contributed by atoms with Gasteiger partial charge in [0, 0.05) is 30.9 Å². The molecule has 3 heteroatoms. The van der Waals surface area contributed by atoms with Crippen LogP contribution in [-0.2, 0) is 7.05 Å². The fraction of sp³-hybridized carbons (Fsp3) is 0.769. The van der Waals surface area contributed by atoms with Gasteiger partial charge in [0.05, 0.1) is 0 Å². The summed E-state index contributed by atoms with van der Waals surface area (Å²) >= 11 is 0. The Morgan fingerprint density at radius 3 is 2.94 bits per heavy atom. The van der Waals surface area contributed by atoms with Gasteiger partial charge in [-0.1, -0.05) is 19.8 Å². The van der Waals surface area contributed by atoms with E-state index in [0.29, 0.717) is 12.0 Å². The zero-order chi connectivity index (χ0) is 11.4. The Balaban J connectivity index is 2.07. The molecule has 2 unspecified atom stereocenters. The summed E-state index contributed by atoms with van der Waals surface area (Å²) < 4.78 is 2.04. The average molecular weight is 221 g/mol. The summed E-state index contributed by atoms with van der Waals surface area (Å²) in [6, 6.07) is 2.83. The van der Waals surface area contributed by atoms with Crippen LogP contribution < -0.4 is 5.32 Å². The number of nitrogens with zero attached hydrogens (tertiary/aromatic N) is 2. The van der Waals surface area contributed by atoms with Crippen LogP contribution in [0, 0.1) is 0 Å². The molecule has 1 saturated carbocycles. The van der Waals surface area contributed by atoms with Crippen LogP contribution in [0.15, 0.2) is 12.3 Å². The van der Waals surface area contributed by atoms with Gasteiger partial charge in [-0.2, -0.15) is 5.10 Å². The minimum Gasteiger partial charge on any atom is -0.313 e. The molecule has 1 aromatic rings. The van der Waals surface area contributed by atoms with Gasteiger partial charge < -0.3 is 5.32 Å². The fourth-order valence-electron chi connectivity index (χ4n) is 2.81. The van der Waals surface area contributed by atoms with E-state index < -0.39 is 0 Å². The normalized spacial score (nSPS) is 25.9. The zero-order valence-corrected chi connectivity index (χ0v) is 10.4. The average Bonchev–Trinajstić information content (AvgIpc) is 2.73. The molecule has 0 amide bonds. The molecular weight excluding hydrogens is 198 g/mol. The lowest BCUT2D eigenvalue weighted by atomic mass is 9.82. The summed E-state index contributed by atoms with van der Waals surface area (Å²) in [4.78, 5) is 0. The van der Waals surface area contributed by atoms with Crippen molar-refractivity contribution in [2.75, 3.05) is 6.54 Å². The van der Waals surface area contributed by atoms with Crippen LogP contribution in [0.2, 0.25) is 0 Å². The highest BCUT2D eigenvalue weighted by atomic mass is 15.3. The van der Waals surface area contributed by atoms with Crippen LogP contribution in [0.4, 0.5) is 0 Å². The third-order valence-corrected chi connectivity index (χ3v) is 3.66. The van der Waals surface area contributed by atoms with Crippen molar-refractivity contribution >= 4 is 0 Å². The quantitative estimate of drug-likeness (QED) is 0.846. The molecule has 0 bridgehead atoms. The molecule has 90 valence electrons. The van der Waals surface area contributed by atoms with Crippen molar-refractivity contribution in [3.63, 3.8) is 0 Å². The number of rotatable bonds is 4. The lowest BCUT2D eigenvalue weighted by molar-refractivity contribution is 0.317. The summed E-state index contributed by atoms with van der Waals surface area (Å²) in [7, 11) is 2.06. The minimum atomic E-state index is 0.657. The smallest absolute Gasteiger partial charge is 0.0492 e. The maximum Gasteiger partial charge on any atom is 0.0492 e. The van der Waals surface area contributed by atoms with Gasteiger partial charge in [-0.05, 0) is 31.9 Å². The monoisotopic (exact) mass is 221 g/mol. The van der Waals surface area contributed by atoms with E-state index in [9.17, 15) is 0 Å². The molecule has 3 nitrogen and oxygen atoms in total. The van der Waals surface area contributed by atoms with Crippen molar-refractivity contribution in [2.24, 2.45) is 7.05 Å². The second kappa shape index (κ2) is 5.48. The predicted octanol–water partition coefficient (Wildman–Crippen LogP) is 2.45. The molecule has 1 aromatic heterocycles. The molecule has 0 aliphatic heterocycles. The van der Waals surface area contributed by atoms with E-state index in [4.69, 9.17) is 0 Å². The van der Waals surface area contributed by atoms with Gasteiger partial charge >= 0.3 is 0 Å². The minimum absolute atomic E-state index is 0.657. The van der Waals surface area contributed by atoms with E-state index in [1.807, 2.05) is 10.9 Å². The van der Waals surface area contributed by atoms with E-state index in [2.05, 4.69) is 30.5 Å². The first kappa shape index (κ1) is 11.6. The molecule has 1 aliphatic carbocycles. The van der Waals surface area contributed by atoms with Crippen LogP contribution in [0.3, 0.4) is 0 Å². The Hall–Kier alpha value is -0.830. The standard InChI is InChI=1S/C13H23N3/c1-3-9-14-12-7-5-4-6-11(12)13-8-10-15-16(13)2/h8,10-12,14H,3-7,9H2,1-2H3. The largest absolute Gasteiger partial charge is 0.313 e. The molecule has 0 saturated heterocycles. The van der Waals surface area contributed by atoms with E-state index in [-0.39, 0.29) is 0 Å². The molecule has 0 aromatic carbocycles. The Bertz CT molecular complexity index is 319. The van der Waals surface area contributed by atoms with Crippen molar-refractivity contribution in [1.82, 2.24) is 15.1 Å². The van der Waals surface area contributed by atoms with Crippen LogP contribution in [-0.4, -0.2) is 22.4 Å². The SMILES string of the molecule is CCCNC1CCCCC1c1ccnn1C. The van der Waals surface area contributed by atoms with Crippen LogP contribution >= 0.6 is 0 Å². The van der Waals surface area contributed by atoms with Crippen molar-refractivity contribution < 1.29 is 0 Å². The summed E-state index contributed by atoms with van der Waals surface area (Å²) in [5.41, 5.74) is 1.40. The van der Waals surface area contributed by atoms with E-state index in [1.165, 1.54) is 37.8 Å². The van der Waals surface area contributed by atoms with Crippen LogP contribution in [0.1, 0.15) is 50.6 Å². The first-order chi connectivity index (χ1) is 7.83. The van der Waals surface area contributed by atoms with Gasteiger partial charge in [-0.25, -0.2) is 0 Å². The Morgan fingerprint density at radius 2 is 2.25 bits per heavy atom. The number of aromatic nitrogens is 2. The van der Waals surface area contributed by atoms with Gasteiger partial charge in [-0.3, -0.25) is 4.68 Å². The van der Waals surface area contributed by atoms with Crippen LogP contribution in [0.5, 0.6) is 0 Å². The number of hydrogen-bond acceptors (Lipinski definition) is 2. The van der Waals surface area contributed by atoms with E-state index >= 15 is 0 Å². The molecular formula is C13H23N3. The molecule has 2 rings (SSSR count). The molecule has 0 radical (unpaired) electrons. The first-order valence-corrected chi connectivity index (χ1v) is 6.54. The highest BCUT2D eigenvalue weighted by Crippen LogP contribution is 2.32. The van der Waals surface area contributed by atoms with Gasteiger partial charge in [0.25, 0.3) is 0 Å². The van der Waals surface area contributed by atoms with Gasteiger partial charge in [0.15, 0.2) is 0 Å². The van der Waals surface area contributed by atoms with Crippen molar-refractivity contribution in [3.8, 4) is 0 Å². The van der Waals surface area contributed by atoms with E-state index in [0.717, 1.165) is 6.54 Å². The van der Waals surface area contributed by atoms with Gasteiger partial charge in [0.2, 0.25) is 0 Å². The highest BCUT2D eigenvalue weighted by molar-refractivity contribution is 5.12. The lowest BCUT2D eigenvalue weighted by Gasteiger charge is -2.32. The predicted molar refractivity (Wildman–Crippen MR) is 66.5 cm³/mol. The molecule has 0 spiro atoms. The van der Waals surface area contributed by atoms with Crippen molar-refractivity contribution in [2.45, 2.75) is 51.0 Å². The molecule has 1 fully saturated rings. The third kappa shape index (κ3) is 2.46. The maximum absolute atomic E-state index is 4.30. The molecule has 2 atom stereocenters. The first-order valence-electron chi connectivity index (χ1n) is 6.54. The fourth-order valence-corrected chi connectivity index (χ4v) is 2.81. The maximum atomic E-state index is 4.30. The summed E-state index contributed by atoms with van der Waals surface area (Å²) in [6.45, 7) is 3.37. The zero-order valence-electron chi connectivity index (χ0n) is 10.4. The summed E-state index contributed by atoms with van der Waals surface area (Å²) in [5, 5.41) is 7.99. The number of nitrogens with one attached hydrogen (secondary N) is 1. The third-order valence-electron chi connectivity index (χ3n) is 3.66. The highest BCUT2D eigenvalue weighted by Gasteiger charge is 2.27. The lowest BCUT2D eigenvalue weighted by Crippen LogP contribution is -2.38. The second-order valence-corrected chi connectivity index (χ2v) is 4.83. The molecule has 1 heterocycles. The molecule has 1 aliphatic rings. The van der Waals surface area contributed by atoms with E-state index in [1.54, 1.807) is 0 Å². The number of hydrogen-bond donors (Lipinski definition) is 1. The summed E-state index contributed by atoms with van der Waals surface area (Å²) in [6.07, 6.45) is 8.49. The Labute approximate surface area is 98.2 Å². The van der Waals surface area contributed by atoms with Gasteiger partial charge in [0.1, 0.15) is 0 Å².